The molecule has 0 amide bonds. The SMILES string of the molecule is CC1(F)CCCCCCCC(C(=O)OCc2ccccc2)CCC1. The van der Waals surface area contributed by atoms with Crippen LogP contribution in [0.25, 0.3) is 0 Å². The molecule has 0 aromatic heterocycles. The number of esters is 1. The van der Waals surface area contributed by atoms with E-state index in [1.54, 1.807) is 6.92 Å². The zero-order valence-electron chi connectivity index (χ0n) is 14.9. The quantitative estimate of drug-likeness (QED) is 0.635. The molecule has 2 nitrogen and oxygen atoms in total. The molecule has 1 aliphatic carbocycles. The maximum atomic E-state index is 14.4. The van der Waals surface area contributed by atoms with E-state index in [9.17, 15) is 9.18 Å². The number of rotatable bonds is 3. The van der Waals surface area contributed by atoms with Gasteiger partial charge in [0.05, 0.1) is 5.92 Å². The molecule has 0 saturated heterocycles. The fourth-order valence-electron chi connectivity index (χ4n) is 3.48. The summed E-state index contributed by atoms with van der Waals surface area (Å²) in [6.07, 6.45) is 9.00. The molecule has 0 aliphatic heterocycles. The van der Waals surface area contributed by atoms with Gasteiger partial charge in [-0.2, -0.15) is 0 Å². The molecule has 2 atom stereocenters. The van der Waals surface area contributed by atoms with Crippen LogP contribution in [0.4, 0.5) is 4.39 Å². The number of alkyl halides is 1. The van der Waals surface area contributed by atoms with Crippen molar-refractivity contribution in [2.75, 3.05) is 0 Å². The van der Waals surface area contributed by atoms with Crippen LogP contribution in [0, 0.1) is 5.92 Å². The fourth-order valence-corrected chi connectivity index (χ4v) is 3.48. The Morgan fingerprint density at radius 3 is 2.46 bits per heavy atom. The van der Waals surface area contributed by atoms with E-state index in [4.69, 9.17) is 4.74 Å². The van der Waals surface area contributed by atoms with Crippen LogP contribution in [-0.4, -0.2) is 11.6 Å². The van der Waals surface area contributed by atoms with Crippen LogP contribution < -0.4 is 0 Å². The zero-order valence-corrected chi connectivity index (χ0v) is 14.9. The Morgan fingerprint density at radius 2 is 1.67 bits per heavy atom. The smallest absolute Gasteiger partial charge is 0.309 e. The highest BCUT2D eigenvalue weighted by Gasteiger charge is 2.25. The van der Waals surface area contributed by atoms with E-state index < -0.39 is 5.67 Å². The van der Waals surface area contributed by atoms with Crippen molar-refractivity contribution in [3.05, 3.63) is 35.9 Å². The summed E-state index contributed by atoms with van der Waals surface area (Å²) >= 11 is 0. The molecule has 1 fully saturated rings. The van der Waals surface area contributed by atoms with Gasteiger partial charge in [0, 0.05) is 0 Å². The predicted molar refractivity (Wildman–Crippen MR) is 95.4 cm³/mol. The van der Waals surface area contributed by atoms with Crippen LogP contribution in [0.1, 0.15) is 76.7 Å². The Balaban J connectivity index is 1.86. The minimum Gasteiger partial charge on any atom is -0.461 e. The largest absolute Gasteiger partial charge is 0.461 e. The van der Waals surface area contributed by atoms with Crippen molar-refractivity contribution < 1.29 is 13.9 Å². The second-order valence-corrected chi connectivity index (χ2v) is 7.40. The first-order chi connectivity index (χ1) is 11.6. The summed E-state index contributed by atoms with van der Waals surface area (Å²) in [6, 6.07) is 9.76. The Morgan fingerprint density at radius 1 is 1.04 bits per heavy atom. The lowest BCUT2D eigenvalue weighted by molar-refractivity contribution is -0.150. The van der Waals surface area contributed by atoms with Crippen LogP contribution in [0.5, 0.6) is 0 Å². The number of carbonyl (C=O) groups is 1. The lowest BCUT2D eigenvalue weighted by atomic mass is 9.88. The normalized spacial score (nSPS) is 26.8. The molecule has 134 valence electrons. The van der Waals surface area contributed by atoms with Gasteiger partial charge >= 0.3 is 5.97 Å². The van der Waals surface area contributed by atoms with Crippen molar-refractivity contribution in [1.29, 1.82) is 0 Å². The van der Waals surface area contributed by atoms with Crippen molar-refractivity contribution in [2.24, 2.45) is 5.92 Å². The molecule has 0 bridgehead atoms. The molecule has 1 saturated carbocycles. The highest BCUT2D eigenvalue weighted by molar-refractivity contribution is 5.72. The van der Waals surface area contributed by atoms with Gasteiger partial charge in [0.25, 0.3) is 0 Å². The van der Waals surface area contributed by atoms with Crippen LogP contribution in [0.3, 0.4) is 0 Å². The molecule has 0 heterocycles. The maximum absolute atomic E-state index is 14.4. The van der Waals surface area contributed by atoms with Crippen LogP contribution >= 0.6 is 0 Å². The predicted octanol–water partition coefficient (Wildman–Crippen LogP) is 5.99. The molecule has 2 unspecified atom stereocenters. The van der Waals surface area contributed by atoms with E-state index in [1.807, 2.05) is 30.3 Å². The number of benzene rings is 1. The number of ether oxygens (including phenoxy) is 1. The first-order valence-corrected chi connectivity index (χ1v) is 9.46. The molecule has 1 aromatic rings. The topological polar surface area (TPSA) is 26.3 Å². The summed E-state index contributed by atoms with van der Waals surface area (Å²) < 4.78 is 20.0. The zero-order chi connectivity index (χ0) is 17.3. The van der Waals surface area contributed by atoms with Gasteiger partial charge < -0.3 is 4.74 Å². The molecule has 1 aromatic carbocycles. The van der Waals surface area contributed by atoms with Gasteiger partial charge in [-0.3, -0.25) is 4.79 Å². The number of hydrogen-bond donors (Lipinski definition) is 0. The van der Waals surface area contributed by atoms with E-state index >= 15 is 0 Å². The third-order valence-corrected chi connectivity index (χ3v) is 5.06. The maximum Gasteiger partial charge on any atom is 0.309 e. The lowest BCUT2D eigenvalue weighted by Crippen LogP contribution is -2.21. The summed E-state index contributed by atoms with van der Waals surface area (Å²) in [4.78, 5) is 12.4. The Labute approximate surface area is 145 Å². The molecule has 0 spiro atoms. The number of halogens is 1. The summed E-state index contributed by atoms with van der Waals surface area (Å²) in [5.41, 5.74) is -0.0761. The average Bonchev–Trinajstić information content (AvgIpc) is 2.56. The molecule has 3 heteroatoms. The minimum absolute atomic E-state index is 0.0797. The average molecular weight is 334 g/mol. The molecule has 2 rings (SSSR count). The molecular weight excluding hydrogens is 303 g/mol. The van der Waals surface area contributed by atoms with Crippen molar-refractivity contribution >= 4 is 5.97 Å². The van der Waals surface area contributed by atoms with E-state index in [0.29, 0.717) is 19.4 Å². The van der Waals surface area contributed by atoms with E-state index in [-0.39, 0.29) is 11.9 Å². The monoisotopic (exact) mass is 334 g/mol. The second kappa shape index (κ2) is 9.80. The lowest BCUT2D eigenvalue weighted by Gasteiger charge is -2.23. The number of carbonyl (C=O) groups excluding carboxylic acids is 1. The van der Waals surface area contributed by atoms with Gasteiger partial charge in [-0.25, -0.2) is 4.39 Å². The highest BCUT2D eigenvalue weighted by Crippen LogP contribution is 2.29. The second-order valence-electron chi connectivity index (χ2n) is 7.40. The standard InChI is InChI=1S/C21H31FO2/c1-21(22)15-9-4-2-3-8-13-19(14-10-16-21)20(23)24-17-18-11-6-5-7-12-18/h5-7,11-12,19H,2-4,8-10,13-17H2,1H3. The fraction of sp³-hybridized carbons (Fsp3) is 0.667. The van der Waals surface area contributed by atoms with E-state index in [2.05, 4.69) is 0 Å². The molecule has 0 radical (unpaired) electrons. The highest BCUT2D eigenvalue weighted by atomic mass is 19.1. The third-order valence-electron chi connectivity index (χ3n) is 5.06. The van der Waals surface area contributed by atoms with Gasteiger partial charge in [-0.1, -0.05) is 62.4 Å². The van der Waals surface area contributed by atoms with Crippen molar-refractivity contribution in [2.45, 2.75) is 83.4 Å². The Kier molecular flexibility index (Phi) is 7.74. The van der Waals surface area contributed by atoms with Gasteiger partial charge in [0.2, 0.25) is 0 Å². The molecule has 0 N–H and O–H groups in total. The Hall–Kier alpha value is -1.38. The summed E-state index contributed by atoms with van der Waals surface area (Å²) in [7, 11) is 0. The van der Waals surface area contributed by atoms with Gasteiger partial charge in [-0.05, 0) is 44.6 Å². The summed E-state index contributed by atoms with van der Waals surface area (Å²) in [5, 5.41) is 0. The van der Waals surface area contributed by atoms with Gasteiger partial charge in [0.1, 0.15) is 12.3 Å². The Bertz CT molecular complexity index is 484. The van der Waals surface area contributed by atoms with Gasteiger partial charge in [-0.15, -0.1) is 0 Å². The van der Waals surface area contributed by atoms with Crippen LogP contribution in [0.15, 0.2) is 30.3 Å². The first kappa shape index (κ1) is 19.0. The molecule has 24 heavy (non-hydrogen) atoms. The number of hydrogen-bond acceptors (Lipinski definition) is 2. The van der Waals surface area contributed by atoms with Crippen molar-refractivity contribution in [3.63, 3.8) is 0 Å². The van der Waals surface area contributed by atoms with E-state index in [0.717, 1.165) is 56.9 Å². The first-order valence-electron chi connectivity index (χ1n) is 9.46. The van der Waals surface area contributed by atoms with Gasteiger partial charge in [0.15, 0.2) is 0 Å². The van der Waals surface area contributed by atoms with Crippen molar-refractivity contribution in [3.8, 4) is 0 Å². The molecular formula is C21H31FO2. The van der Waals surface area contributed by atoms with Crippen molar-refractivity contribution in [1.82, 2.24) is 0 Å². The van der Waals surface area contributed by atoms with Crippen LogP contribution in [-0.2, 0) is 16.1 Å². The van der Waals surface area contributed by atoms with Crippen LogP contribution in [0.2, 0.25) is 0 Å². The minimum atomic E-state index is -1.09. The van der Waals surface area contributed by atoms with E-state index in [1.165, 1.54) is 0 Å². The summed E-state index contributed by atoms with van der Waals surface area (Å²) in [6.45, 7) is 2.04. The molecule has 1 aliphatic rings. The third kappa shape index (κ3) is 7.02. The summed E-state index contributed by atoms with van der Waals surface area (Å²) in [5.74, 6) is -0.194.